The summed E-state index contributed by atoms with van der Waals surface area (Å²) in [7, 11) is 0. The molecule has 0 saturated carbocycles. The van der Waals surface area contributed by atoms with E-state index in [9.17, 15) is 9.59 Å². The maximum Gasteiger partial charge on any atom is 0.253 e. The second-order valence-electron chi connectivity index (χ2n) is 4.52. The van der Waals surface area contributed by atoms with Crippen molar-refractivity contribution in [2.45, 2.75) is 18.4 Å². The first-order chi connectivity index (χ1) is 10.1. The molecule has 1 N–H and O–H groups in total. The first-order valence-corrected chi connectivity index (χ1v) is 7.78. The lowest BCUT2D eigenvalue weighted by atomic mass is 10.2. The van der Waals surface area contributed by atoms with Crippen LogP contribution in [0.2, 0.25) is 0 Å². The van der Waals surface area contributed by atoms with Crippen molar-refractivity contribution >= 4 is 17.7 Å². The van der Waals surface area contributed by atoms with Crippen LogP contribution in [0, 0.1) is 6.92 Å². The summed E-state index contributed by atoms with van der Waals surface area (Å²) in [6.45, 7) is 2.55. The molecule has 0 bridgehead atoms. The molecule has 1 amide bonds. The molecule has 5 nitrogen and oxygen atoms in total. The third kappa shape index (κ3) is 3.95. The van der Waals surface area contributed by atoms with Crippen LogP contribution in [0.3, 0.4) is 0 Å². The minimum atomic E-state index is -0.131. The van der Waals surface area contributed by atoms with Gasteiger partial charge in [-0.25, -0.2) is 4.98 Å². The number of benzene rings is 1. The molecule has 2 rings (SSSR count). The summed E-state index contributed by atoms with van der Waals surface area (Å²) in [5, 5.41) is 2.82. The molecule has 1 aromatic carbocycles. The second-order valence-corrected chi connectivity index (χ2v) is 5.37. The maximum absolute atomic E-state index is 12.1. The molecule has 1 heterocycles. The fourth-order valence-electron chi connectivity index (χ4n) is 1.90. The number of thioether (sulfide) groups is 1. The highest BCUT2D eigenvalue weighted by molar-refractivity contribution is 7.98. The van der Waals surface area contributed by atoms with Crippen molar-refractivity contribution in [3.05, 3.63) is 58.3 Å². The number of amides is 1. The van der Waals surface area contributed by atoms with Gasteiger partial charge in [-0.05, 0) is 25.3 Å². The molecule has 0 spiro atoms. The Bertz CT molecular complexity index is 697. The van der Waals surface area contributed by atoms with Crippen molar-refractivity contribution < 1.29 is 4.79 Å². The molecular weight excluding hydrogens is 286 g/mol. The molecular formula is C15H17N3O2S. The molecule has 0 aliphatic rings. The van der Waals surface area contributed by atoms with Crippen LogP contribution in [0.1, 0.15) is 16.1 Å². The smallest absolute Gasteiger partial charge is 0.253 e. The minimum Gasteiger partial charge on any atom is -0.350 e. The van der Waals surface area contributed by atoms with Crippen LogP contribution < -0.4 is 10.9 Å². The molecule has 2 aromatic rings. The van der Waals surface area contributed by atoms with Gasteiger partial charge in [0.15, 0.2) is 0 Å². The predicted molar refractivity (Wildman–Crippen MR) is 83.8 cm³/mol. The van der Waals surface area contributed by atoms with Gasteiger partial charge >= 0.3 is 0 Å². The van der Waals surface area contributed by atoms with Gasteiger partial charge in [0.1, 0.15) is 0 Å². The summed E-state index contributed by atoms with van der Waals surface area (Å²) in [5.74, 6) is -0.131. The summed E-state index contributed by atoms with van der Waals surface area (Å²) in [6, 6.07) is 8.92. The molecule has 0 atom stereocenters. The molecule has 0 fully saturated rings. The number of nitrogens with zero attached hydrogens (tertiary/aromatic N) is 2. The van der Waals surface area contributed by atoms with Crippen molar-refractivity contribution in [3.8, 4) is 0 Å². The normalized spacial score (nSPS) is 10.4. The molecule has 0 aliphatic carbocycles. The Balaban J connectivity index is 1.97. The number of aromatic nitrogens is 2. The van der Waals surface area contributed by atoms with Crippen molar-refractivity contribution in [2.75, 3.05) is 12.8 Å². The minimum absolute atomic E-state index is 0.110. The van der Waals surface area contributed by atoms with Gasteiger partial charge in [-0.1, -0.05) is 12.1 Å². The third-order valence-electron chi connectivity index (χ3n) is 3.01. The van der Waals surface area contributed by atoms with Gasteiger partial charge < -0.3 is 5.32 Å². The lowest BCUT2D eigenvalue weighted by Crippen LogP contribution is -2.31. The Morgan fingerprint density at radius 3 is 2.86 bits per heavy atom. The van der Waals surface area contributed by atoms with E-state index < -0.39 is 0 Å². The highest BCUT2D eigenvalue weighted by Crippen LogP contribution is 2.19. The molecule has 110 valence electrons. The fraction of sp³-hybridized carbons (Fsp3) is 0.267. The number of hydrogen-bond donors (Lipinski definition) is 1. The highest BCUT2D eigenvalue weighted by Gasteiger charge is 2.09. The number of nitrogens with one attached hydrogen (secondary N) is 1. The first-order valence-electron chi connectivity index (χ1n) is 6.56. The second kappa shape index (κ2) is 7.08. The zero-order chi connectivity index (χ0) is 15.2. The number of carbonyl (C=O) groups is 1. The number of aryl methyl sites for hydroxylation is 1. The van der Waals surface area contributed by atoms with Gasteiger partial charge in [-0.15, -0.1) is 11.8 Å². The SMILES string of the molecule is CSc1ccccc1C(=O)NCCn1cnc(C)cc1=O. The zero-order valence-electron chi connectivity index (χ0n) is 12.0. The van der Waals surface area contributed by atoms with Gasteiger partial charge in [0.05, 0.1) is 11.9 Å². The molecule has 0 saturated heterocycles. The van der Waals surface area contributed by atoms with E-state index in [4.69, 9.17) is 0 Å². The zero-order valence-corrected chi connectivity index (χ0v) is 12.8. The summed E-state index contributed by atoms with van der Waals surface area (Å²) in [5.41, 5.74) is 1.23. The van der Waals surface area contributed by atoms with E-state index in [1.54, 1.807) is 13.0 Å². The van der Waals surface area contributed by atoms with Crippen molar-refractivity contribution in [3.63, 3.8) is 0 Å². The first kappa shape index (κ1) is 15.3. The summed E-state index contributed by atoms with van der Waals surface area (Å²) in [4.78, 5) is 28.8. The van der Waals surface area contributed by atoms with Crippen LogP contribution in [0.15, 0.2) is 46.3 Å². The largest absolute Gasteiger partial charge is 0.350 e. The fourth-order valence-corrected chi connectivity index (χ4v) is 2.50. The van der Waals surface area contributed by atoms with Gasteiger partial charge in [0.25, 0.3) is 11.5 Å². The van der Waals surface area contributed by atoms with Crippen LogP contribution in [0.4, 0.5) is 0 Å². The van der Waals surface area contributed by atoms with E-state index >= 15 is 0 Å². The quantitative estimate of drug-likeness (QED) is 0.854. The standard InChI is InChI=1S/C15H17N3O2S/c1-11-9-14(19)18(10-17-11)8-7-16-15(20)12-5-3-4-6-13(12)21-2/h3-6,9-10H,7-8H2,1-2H3,(H,16,20). The number of rotatable bonds is 5. The van der Waals surface area contributed by atoms with Crippen LogP contribution in [-0.2, 0) is 6.54 Å². The van der Waals surface area contributed by atoms with Crippen LogP contribution in [-0.4, -0.2) is 28.3 Å². The van der Waals surface area contributed by atoms with E-state index in [1.807, 2.05) is 24.5 Å². The molecule has 21 heavy (non-hydrogen) atoms. The van der Waals surface area contributed by atoms with E-state index in [-0.39, 0.29) is 11.5 Å². The maximum atomic E-state index is 12.1. The van der Waals surface area contributed by atoms with Crippen LogP contribution in [0.5, 0.6) is 0 Å². The molecule has 0 unspecified atom stereocenters. The Labute approximate surface area is 127 Å². The predicted octanol–water partition coefficient (Wildman–Crippen LogP) is 1.70. The number of hydrogen-bond acceptors (Lipinski definition) is 4. The Morgan fingerprint density at radius 2 is 2.14 bits per heavy atom. The lowest BCUT2D eigenvalue weighted by Gasteiger charge is -2.09. The highest BCUT2D eigenvalue weighted by atomic mass is 32.2. The summed E-state index contributed by atoms with van der Waals surface area (Å²) in [6.07, 6.45) is 3.43. The van der Waals surface area contributed by atoms with E-state index in [1.165, 1.54) is 28.7 Å². The monoisotopic (exact) mass is 303 g/mol. The average molecular weight is 303 g/mol. The molecule has 1 aromatic heterocycles. The topological polar surface area (TPSA) is 64.0 Å². The van der Waals surface area contributed by atoms with Crippen molar-refractivity contribution in [2.24, 2.45) is 0 Å². The Morgan fingerprint density at radius 1 is 1.38 bits per heavy atom. The molecule has 0 aliphatic heterocycles. The van der Waals surface area contributed by atoms with E-state index in [0.29, 0.717) is 24.3 Å². The summed E-state index contributed by atoms with van der Waals surface area (Å²) < 4.78 is 1.48. The van der Waals surface area contributed by atoms with Crippen LogP contribution in [0.25, 0.3) is 0 Å². The summed E-state index contributed by atoms with van der Waals surface area (Å²) >= 11 is 1.53. The molecule has 6 heteroatoms. The van der Waals surface area contributed by atoms with Gasteiger partial charge in [-0.2, -0.15) is 0 Å². The van der Waals surface area contributed by atoms with Crippen molar-refractivity contribution in [1.82, 2.24) is 14.9 Å². The number of carbonyl (C=O) groups excluding carboxylic acids is 1. The third-order valence-corrected chi connectivity index (χ3v) is 3.80. The Hall–Kier alpha value is -2.08. The van der Waals surface area contributed by atoms with E-state index in [0.717, 1.165) is 4.90 Å². The van der Waals surface area contributed by atoms with E-state index in [2.05, 4.69) is 10.3 Å². The van der Waals surface area contributed by atoms with Crippen molar-refractivity contribution in [1.29, 1.82) is 0 Å². The Kier molecular flexibility index (Phi) is 5.16. The average Bonchev–Trinajstić information content (AvgIpc) is 2.49. The van der Waals surface area contributed by atoms with Gasteiger partial charge in [0, 0.05) is 29.7 Å². The molecule has 0 radical (unpaired) electrons. The van der Waals surface area contributed by atoms with Gasteiger partial charge in [0.2, 0.25) is 0 Å². The van der Waals surface area contributed by atoms with Gasteiger partial charge in [-0.3, -0.25) is 14.2 Å². The van der Waals surface area contributed by atoms with Crippen LogP contribution >= 0.6 is 11.8 Å². The lowest BCUT2D eigenvalue weighted by molar-refractivity contribution is 0.0949.